The average molecular weight is 476 g/mol. The lowest BCUT2D eigenvalue weighted by molar-refractivity contribution is -0.155. The van der Waals surface area contributed by atoms with Crippen LogP contribution in [0.3, 0.4) is 0 Å². The van der Waals surface area contributed by atoms with E-state index in [1.54, 1.807) is 91.0 Å². The van der Waals surface area contributed by atoms with Crippen molar-refractivity contribution >= 4 is 17.9 Å². The summed E-state index contributed by atoms with van der Waals surface area (Å²) in [6, 6.07) is 25.2. The van der Waals surface area contributed by atoms with Crippen molar-refractivity contribution in [3.63, 3.8) is 0 Å². The van der Waals surface area contributed by atoms with Crippen LogP contribution < -0.4 is 0 Å². The van der Waals surface area contributed by atoms with E-state index in [2.05, 4.69) is 0 Å². The van der Waals surface area contributed by atoms with Gasteiger partial charge >= 0.3 is 17.9 Å². The molecule has 0 saturated carbocycles. The Bertz CT molecular complexity index is 1130. The van der Waals surface area contributed by atoms with Gasteiger partial charge in [-0.2, -0.15) is 0 Å². The van der Waals surface area contributed by atoms with Crippen molar-refractivity contribution in [3.8, 4) is 0 Å². The van der Waals surface area contributed by atoms with E-state index in [0.29, 0.717) is 16.7 Å². The maximum Gasteiger partial charge on any atom is 0.338 e. The topological polar surface area (TPSA) is 97.4 Å². The second-order valence-electron chi connectivity index (χ2n) is 7.72. The minimum Gasteiger partial charge on any atom is -0.459 e. The maximum absolute atomic E-state index is 12.8. The van der Waals surface area contributed by atoms with Crippen LogP contribution in [0.15, 0.2) is 91.0 Å². The first kappa shape index (κ1) is 24.1. The Kier molecular flexibility index (Phi) is 7.87. The predicted octanol–water partition coefficient (Wildman–Crippen LogP) is 3.67. The van der Waals surface area contributed by atoms with Crippen LogP contribution >= 0.6 is 0 Å². The normalized spacial score (nSPS) is 21.2. The third-order valence-electron chi connectivity index (χ3n) is 5.39. The highest BCUT2D eigenvalue weighted by Gasteiger charge is 2.50. The number of benzene rings is 3. The monoisotopic (exact) mass is 476 g/mol. The fourth-order valence-corrected chi connectivity index (χ4v) is 3.63. The van der Waals surface area contributed by atoms with Gasteiger partial charge in [0.15, 0.2) is 18.5 Å². The average Bonchev–Trinajstić information content (AvgIpc) is 3.24. The fraction of sp³-hybridized carbons (Fsp3) is 0.222. The van der Waals surface area contributed by atoms with Crippen molar-refractivity contribution < 1.29 is 38.1 Å². The Morgan fingerprint density at radius 2 is 1.09 bits per heavy atom. The molecule has 0 aromatic heterocycles. The van der Waals surface area contributed by atoms with Gasteiger partial charge in [0.1, 0.15) is 12.7 Å². The van der Waals surface area contributed by atoms with E-state index in [4.69, 9.17) is 23.7 Å². The largest absolute Gasteiger partial charge is 0.459 e. The molecule has 0 aliphatic carbocycles. The molecule has 0 unspecified atom stereocenters. The van der Waals surface area contributed by atoms with E-state index in [1.165, 1.54) is 7.11 Å². The number of rotatable bonds is 8. The van der Waals surface area contributed by atoms with Crippen LogP contribution in [-0.4, -0.2) is 56.2 Å². The van der Waals surface area contributed by atoms with Crippen molar-refractivity contribution in [2.24, 2.45) is 0 Å². The summed E-state index contributed by atoms with van der Waals surface area (Å²) in [7, 11) is 1.38. The van der Waals surface area contributed by atoms with Gasteiger partial charge in [0.2, 0.25) is 0 Å². The van der Waals surface area contributed by atoms with Crippen LogP contribution in [0.4, 0.5) is 0 Å². The van der Waals surface area contributed by atoms with Gasteiger partial charge in [0.25, 0.3) is 0 Å². The van der Waals surface area contributed by atoms with Gasteiger partial charge in [-0.3, -0.25) is 0 Å². The molecule has 1 aliphatic heterocycles. The Morgan fingerprint density at radius 3 is 1.54 bits per heavy atom. The number of carbonyl (C=O) groups excluding carboxylic acids is 3. The Morgan fingerprint density at radius 1 is 0.657 bits per heavy atom. The molecule has 1 heterocycles. The van der Waals surface area contributed by atoms with E-state index in [0.717, 1.165) is 0 Å². The lowest BCUT2D eigenvalue weighted by atomic mass is 10.1. The van der Waals surface area contributed by atoms with Gasteiger partial charge in [-0.15, -0.1) is 0 Å². The van der Waals surface area contributed by atoms with E-state index in [-0.39, 0.29) is 6.61 Å². The minimum absolute atomic E-state index is 0.250. The number of hydrogen-bond donors (Lipinski definition) is 0. The molecule has 8 heteroatoms. The first-order chi connectivity index (χ1) is 17.1. The molecule has 180 valence electrons. The Balaban J connectivity index is 1.54. The van der Waals surface area contributed by atoms with Crippen LogP contribution in [0.1, 0.15) is 31.1 Å². The molecule has 8 nitrogen and oxygen atoms in total. The number of esters is 3. The van der Waals surface area contributed by atoms with Crippen molar-refractivity contribution in [2.45, 2.75) is 24.6 Å². The standard InChI is InChI=1S/C27H24O8/c1-31-27-23(35-26(30)20-15-9-4-10-16-20)22(34-25(29)19-13-7-3-8-14-19)21(33-27)17-32-24(28)18-11-5-2-6-12-18/h2-16,21-23,27H,17H2,1H3/t21-,22+,23-,27+/m1/s1. The summed E-state index contributed by atoms with van der Waals surface area (Å²) in [4.78, 5) is 38.0. The molecule has 4 rings (SSSR count). The number of methoxy groups -OCH3 is 1. The smallest absolute Gasteiger partial charge is 0.338 e. The third kappa shape index (κ3) is 5.92. The highest BCUT2D eigenvalue weighted by molar-refractivity contribution is 5.90. The summed E-state index contributed by atoms with van der Waals surface area (Å²) in [5.74, 6) is -1.85. The first-order valence-corrected chi connectivity index (χ1v) is 11.0. The lowest BCUT2D eigenvalue weighted by Gasteiger charge is -2.24. The summed E-state index contributed by atoms with van der Waals surface area (Å²) in [5, 5.41) is 0. The molecule has 0 bridgehead atoms. The molecular formula is C27H24O8. The fourth-order valence-electron chi connectivity index (χ4n) is 3.63. The lowest BCUT2D eigenvalue weighted by Crippen LogP contribution is -2.42. The van der Waals surface area contributed by atoms with Crippen molar-refractivity contribution in [2.75, 3.05) is 13.7 Å². The van der Waals surface area contributed by atoms with Crippen LogP contribution in [0.2, 0.25) is 0 Å². The van der Waals surface area contributed by atoms with Crippen molar-refractivity contribution in [1.82, 2.24) is 0 Å². The van der Waals surface area contributed by atoms with Crippen molar-refractivity contribution in [3.05, 3.63) is 108 Å². The van der Waals surface area contributed by atoms with Gasteiger partial charge in [-0.25, -0.2) is 14.4 Å². The van der Waals surface area contributed by atoms with Crippen molar-refractivity contribution in [1.29, 1.82) is 0 Å². The van der Waals surface area contributed by atoms with Gasteiger partial charge < -0.3 is 23.7 Å². The summed E-state index contributed by atoms with van der Waals surface area (Å²) >= 11 is 0. The zero-order chi connectivity index (χ0) is 24.6. The molecule has 1 aliphatic rings. The zero-order valence-electron chi connectivity index (χ0n) is 18.9. The molecule has 4 atom stereocenters. The summed E-state index contributed by atoms with van der Waals surface area (Å²) in [5.41, 5.74) is 0.981. The Labute approximate surface area is 202 Å². The quantitative estimate of drug-likeness (QED) is 0.359. The van der Waals surface area contributed by atoms with E-state index >= 15 is 0 Å². The SMILES string of the molecule is CO[C@H]1O[C@H](COC(=O)c2ccccc2)[C@H](OC(=O)c2ccccc2)[C@H]1OC(=O)c1ccccc1. The maximum atomic E-state index is 12.8. The molecule has 0 spiro atoms. The zero-order valence-corrected chi connectivity index (χ0v) is 18.9. The van der Waals surface area contributed by atoms with E-state index in [1.807, 2.05) is 0 Å². The summed E-state index contributed by atoms with van der Waals surface area (Å²) in [6.45, 7) is -0.250. The van der Waals surface area contributed by atoms with Gasteiger partial charge in [-0.1, -0.05) is 54.6 Å². The van der Waals surface area contributed by atoms with Crippen LogP contribution in [0, 0.1) is 0 Å². The van der Waals surface area contributed by atoms with E-state index < -0.39 is 42.5 Å². The first-order valence-electron chi connectivity index (χ1n) is 11.0. The molecule has 0 amide bonds. The van der Waals surface area contributed by atoms with Gasteiger partial charge in [-0.05, 0) is 36.4 Å². The second kappa shape index (κ2) is 11.4. The molecule has 3 aromatic rings. The summed E-state index contributed by atoms with van der Waals surface area (Å²) in [6.07, 6.45) is -4.17. The molecule has 3 aromatic carbocycles. The number of ether oxygens (including phenoxy) is 5. The third-order valence-corrected chi connectivity index (χ3v) is 5.39. The predicted molar refractivity (Wildman–Crippen MR) is 124 cm³/mol. The second-order valence-corrected chi connectivity index (χ2v) is 7.72. The molecule has 1 saturated heterocycles. The molecule has 0 N–H and O–H groups in total. The van der Waals surface area contributed by atoms with Crippen LogP contribution in [0.25, 0.3) is 0 Å². The Hall–Kier alpha value is -4.01. The number of carbonyl (C=O) groups is 3. The van der Waals surface area contributed by atoms with E-state index in [9.17, 15) is 14.4 Å². The summed E-state index contributed by atoms with van der Waals surface area (Å²) < 4.78 is 28.0. The minimum atomic E-state index is -1.10. The molecule has 1 fully saturated rings. The van der Waals surface area contributed by atoms with Gasteiger partial charge in [0.05, 0.1) is 16.7 Å². The highest BCUT2D eigenvalue weighted by Crippen LogP contribution is 2.29. The highest BCUT2D eigenvalue weighted by atomic mass is 16.7. The van der Waals surface area contributed by atoms with Gasteiger partial charge in [0, 0.05) is 7.11 Å². The molecule has 35 heavy (non-hydrogen) atoms. The number of hydrogen-bond acceptors (Lipinski definition) is 8. The molecule has 0 radical (unpaired) electrons. The van der Waals surface area contributed by atoms with Crippen LogP contribution in [-0.2, 0) is 23.7 Å². The van der Waals surface area contributed by atoms with Crippen LogP contribution in [0.5, 0.6) is 0 Å². The molecular weight excluding hydrogens is 452 g/mol.